The Labute approximate surface area is 115 Å². The van der Waals surface area contributed by atoms with Crippen LogP contribution in [0, 0.1) is 0 Å². The lowest BCUT2D eigenvalue weighted by atomic mass is 10.00. The van der Waals surface area contributed by atoms with Crippen LogP contribution in [0.25, 0.3) is 0 Å². The van der Waals surface area contributed by atoms with Gasteiger partial charge in [-0.05, 0) is 0 Å². The first kappa shape index (κ1) is 21.4. The largest absolute Gasteiger partial charge is 0.461 e. The molecule has 0 aliphatic carbocycles. The van der Waals surface area contributed by atoms with Crippen LogP contribution >= 0.6 is 0 Å². The molecule has 1 nitrogen and oxygen atoms in total. The molecular weight excluding hydrogens is 378 g/mol. The number of allylic oxidation sites excluding steroid dienone is 2. The second kappa shape index (κ2) is 5.51. The predicted octanol–water partition coefficient (Wildman–Crippen LogP) is 4.74. The number of Topliss-reactive ketones (excluding diaryl/α,β-unsaturated/α-hetero) is 1. The van der Waals surface area contributed by atoms with Crippen LogP contribution in [0.5, 0.6) is 0 Å². The predicted molar refractivity (Wildman–Crippen MR) is 41.2 cm³/mol. The Morgan fingerprint density at radius 2 is 0.870 bits per heavy atom. The van der Waals surface area contributed by atoms with E-state index in [0.717, 1.165) is 0 Å². The summed E-state index contributed by atoms with van der Waals surface area (Å²) in [5.41, 5.74) is -7.30. The highest BCUT2D eigenvalue weighted by Crippen LogP contribution is 2.52. The van der Waals surface area contributed by atoms with E-state index in [1.807, 2.05) is 0 Å². The maximum Gasteiger partial charge on any atom is 0.461 e. The summed E-state index contributed by atoms with van der Waals surface area (Å²) in [5.74, 6) is -20.7. The van der Waals surface area contributed by atoms with Crippen LogP contribution in [-0.2, 0) is 4.79 Å². The van der Waals surface area contributed by atoms with Crippen molar-refractivity contribution in [1.82, 2.24) is 0 Å². The molecule has 0 rings (SSSR count). The molecule has 0 saturated carbocycles. The molecule has 0 aliphatic rings. The first-order valence-electron chi connectivity index (χ1n) is 4.60. The van der Waals surface area contributed by atoms with E-state index in [0.29, 0.717) is 0 Å². The molecule has 15 heteroatoms. The summed E-state index contributed by atoms with van der Waals surface area (Å²) < 4.78 is 170. The first-order chi connectivity index (χ1) is 9.73. The first-order valence-corrected chi connectivity index (χ1v) is 4.60. The lowest BCUT2D eigenvalue weighted by Crippen LogP contribution is -2.55. The van der Waals surface area contributed by atoms with Crippen molar-refractivity contribution in [3.63, 3.8) is 0 Å². The minimum absolute atomic E-state index is 4.46. The maximum absolute atomic E-state index is 12.9. The van der Waals surface area contributed by atoms with Crippen LogP contribution < -0.4 is 0 Å². The van der Waals surface area contributed by atoms with Gasteiger partial charge in [0.1, 0.15) is 0 Å². The van der Waals surface area contributed by atoms with E-state index >= 15 is 0 Å². The zero-order valence-corrected chi connectivity index (χ0v) is 9.70. The molecule has 0 fully saturated rings. The summed E-state index contributed by atoms with van der Waals surface area (Å²) in [6, 6.07) is 0. The number of carbonyl (C=O) groups is 1. The van der Waals surface area contributed by atoms with Crippen LogP contribution in [0.3, 0.4) is 0 Å². The second-order valence-corrected chi connectivity index (χ2v) is 3.68. The number of hydrogen-bond donors (Lipinski definition) is 0. The third-order valence-corrected chi connectivity index (χ3v) is 2.12. The number of alkyl halides is 12. The van der Waals surface area contributed by atoms with Crippen molar-refractivity contribution in [3.05, 3.63) is 11.7 Å². The van der Waals surface area contributed by atoms with Gasteiger partial charge in [-0.1, -0.05) is 0 Å². The summed E-state index contributed by atoms with van der Waals surface area (Å²) in [5, 5.41) is 0. The van der Waals surface area contributed by atoms with Crippen LogP contribution in [0.2, 0.25) is 0 Å². The molecule has 0 aliphatic heterocycles. The fraction of sp³-hybridized carbons (Fsp3) is 0.625. The van der Waals surface area contributed by atoms with Gasteiger partial charge >= 0.3 is 30.1 Å². The smallest absolute Gasteiger partial charge is 0.284 e. The van der Waals surface area contributed by atoms with E-state index in [4.69, 9.17) is 0 Å². The van der Waals surface area contributed by atoms with Crippen molar-refractivity contribution >= 4 is 5.78 Å². The zero-order chi connectivity index (χ0) is 19.2. The van der Waals surface area contributed by atoms with Gasteiger partial charge in [-0.3, -0.25) is 4.79 Å². The van der Waals surface area contributed by atoms with Gasteiger partial charge in [0.05, 0.1) is 0 Å². The van der Waals surface area contributed by atoms with Crippen LogP contribution in [0.1, 0.15) is 0 Å². The third kappa shape index (κ3) is 3.36. The highest BCUT2D eigenvalue weighted by molar-refractivity contribution is 6.00. The summed E-state index contributed by atoms with van der Waals surface area (Å²) in [7, 11) is 0. The molecule has 23 heavy (non-hydrogen) atoms. The van der Waals surface area contributed by atoms with Gasteiger partial charge in [0.15, 0.2) is 5.83 Å². The Morgan fingerprint density at radius 3 is 1.09 bits per heavy atom. The molecule has 0 aromatic heterocycles. The van der Waals surface area contributed by atoms with E-state index < -0.39 is 47.6 Å². The van der Waals surface area contributed by atoms with Gasteiger partial charge in [-0.25, -0.2) is 8.78 Å². The number of ketones is 1. The third-order valence-electron chi connectivity index (χ3n) is 2.12. The summed E-state index contributed by atoms with van der Waals surface area (Å²) >= 11 is 0. The second-order valence-electron chi connectivity index (χ2n) is 3.68. The topological polar surface area (TPSA) is 17.1 Å². The summed E-state index contributed by atoms with van der Waals surface area (Å²) in [4.78, 5) is 10.3. The van der Waals surface area contributed by atoms with E-state index in [-0.39, 0.29) is 0 Å². The molecule has 0 aromatic rings. The zero-order valence-electron chi connectivity index (χ0n) is 9.70. The highest BCUT2D eigenvalue weighted by atomic mass is 19.4. The minimum Gasteiger partial charge on any atom is -0.284 e. The normalized spacial score (nSPS) is 16.3. The van der Waals surface area contributed by atoms with Gasteiger partial charge in [-0.15, -0.1) is 0 Å². The van der Waals surface area contributed by atoms with Crippen molar-refractivity contribution in [2.75, 3.05) is 0 Å². The fourth-order valence-electron chi connectivity index (χ4n) is 0.927. The van der Waals surface area contributed by atoms with Gasteiger partial charge in [0, 0.05) is 0 Å². The molecule has 0 atom stereocenters. The number of halogens is 14. The van der Waals surface area contributed by atoms with Gasteiger partial charge < -0.3 is 0 Å². The Kier molecular flexibility index (Phi) is 5.13. The molecule has 0 radical (unpaired) electrons. The number of hydrogen-bond acceptors (Lipinski definition) is 1. The van der Waals surface area contributed by atoms with Gasteiger partial charge in [0.2, 0.25) is 5.83 Å². The number of rotatable bonds is 3. The van der Waals surface area contributed by atoms with E-state index in [1.54, 1.807) is 0 Å². The van der Waals surface area contributed by atoms with Crippen molar-refractivity contribution in [3.8, 4) is 0 Å². The molecule has 0 N–H and O–H groups in total. The average Bonchev–Trinajstić information content (AvgIpc) is 2.30. The van der Waals surface area contributed by atoms with Crippen LogP contribution in [0.4, 0.5) is 61.5 Å². The molecule has 136 valence electrons. The SMILES string of the molecule is O=C(C(F)=C(F)C(F)(C(F)(F)F)C(F)(F)F)C(F)(F)C(F)(F)F. The molecule has 0 bridgehead atoms. The monoisotopic (exact) mass is 378 g/mol. The Hall–Kier alpha value is -1.57. The quantitative estimate of drug-likeness (QED) is 0.513. The van der Waals surface area contributed by atoms with Crippen LogP contribution in [0.15, 0.2) is 11.7 Å². The molecule has 0 unspecified atom stereocenters. The van der Waals surface area contributed by atoms with Crippen LogP contribution in [-0.4, -0.2) is 35.9 Å². The Balaban J connectivity index is 6.38. The highest BCUT2D eigenvalue weighted by Gasteiger charge is 2.77. The van der Waals surface area contributed by atoms with E-state index in [1.165, 1.54) is 0 Å². The Morgan fingerprint density at radius 1 is 0.565 bits per heavy atom. The van der Waals surface area contributed by atoms with Gasteiger partial charge in [-0.2, -0.15) is 52.7 Å². The standard InChI is InChI=1S/C8F14O/c9-1(3(23)5(12,13)8(20,21)22)2(10)4(11,6(14,15)16)7(17,18)19. The fourth-order valence-corrected chi connectivity index (χ4v) is 0.927. The lowest BCUT2D eigenvalue weighted by Gasteiger charge is -2.28. The van der Waals surface area contributed by atoms with E-state index in [9.17, 15) is 66.3 Å². The van der Waals surface area contributed by atoms with E-state index in [2.05, 4.69) is 0 Å². The summed E-state index contributed by atoms with van der Waals surface area (Å²) in [6.07, 6.45) is -21.7. The van der Waals surface area contributed by atoms with Gasteiger partial charge in [0.25, 0.3) is 5.78 Å². The molecule has 0 saturated heterocycles. The minimum atomic E-state index is -7.36. The number of carbonyl (C=O) groups excluding carboxylic acids is 1. The maximum atomic E-state index is 12.9. The van der Waals surface area contributed by atoms with Crippen molar-refractivity contribution in [2.24, 2.45) is 0 Å². The van der Waals surface area contributed by atoms with Crippen molar-refractivity contribution in [1.29, 1.82) is 0 Å². The lowest BCUT2D eigenvalue weighted by molar-refractivity contribution is -0.331. The summed E-state index contributed by atoms with van der Waals surface area (Å²) in [6.45, 7) is 0. The van der Waals surface area contributed by atoms with Crippen molar-refractivity contribution in [2.45, 2.75) is 30.1 Å². The van der Waals surface area contributed by atoms with Crippen molar-refractivity contribution < 1.29 is 66.3 Å². The molecule has 0 amide bonds. The molecule has 0 aromatic carbocycles. The molecule has 0 heterocycles. The Bertz CT molecular complexity index is 488. The molecular formula is C8F14O. The molecule has 0 spiro atoms. The average molecular weight is 378 g/mol.